The maximum absolute atomic E-state index is 13.2. The van der Waals surface area contributed by atoms with Gasteiger partial charge >= 0.3 is 0 Å². The van der Waals surface area contributed by atoms with Crippen molar-refractivity contribution in [3.8, 4) is 5.75 Å². The highest BCUT2D eigenvalue weighted by atomic mass is 35.5. The molecule has 0 bridgehead atoms. The van der Waals surface area contributed by atoms with Crippen molar-refractivity contribution in [3.63, 3.8) is 0 Å². The normalized spacial score (nSPS) is 11.3. The van der Waals surface area contributed by atoms with Gasteiger partial charge in [-0.05, 0) is 30.6 Å². The molecule has 4 nitrogen and oxygen atoms in total. The van der Waals surface area contributed by atoms with E-state index in [0.29, 0.717) is 13.0 Å². The van der Waals surface area contributed by atoms with Crippen molar-refractivity contribution in [2.24, 2.45) is 5.73 Å². The lowest BCUT2D eigenvalue weighted by Gasteiger charge is -2.12. The van der Waals surface area contributed by atoms with Crippen molar-refractivity contribution < 1.29 is 13.9 Å². The summed E-state index contributed by atoms with van der Waals surface area (Å²) in [6.07, 6.45) is 2.61. The fourth-order valence-corrected chi connectivity index (χ4v) is 1.89. The van der Waals surface area contributed by atoms with Crippen molar-refractivity contribution in [2.45, 2.75) is 12.5 Å². The first kappa shape index (κ1) is 19.0. The molecule has 1 rings (SSSR count). The molecule has 0 fully saturated rings. The molecular weight excluding hydrogens is 303 g/mol. The molecule has 0 spiro atoms. The van der Waals surface area contributed by atoms with E-state index in [-0.39, 0.29) is 30.7 Å². The molecule has 114 valence electrons. The first-order valence-corrected chi connectivity index (χ1v) is 7.44. The van der Waals surface area contributed by atoms with E-state index in [1.54, 1.807) is 30.0 Å². The van der Waals surface area contributed by atoms with Gasteiger partial charge in [-0.15, -0.1) is 12.4 Å². The zero-order chi connectivity index (χ0) is 14.1. The van der Waals surface area contributed by atoms with Gasteiger partial charge in [0.2, 0.25) is 5.91 Å². The Bertz CT molecular complexity index is 410. The summed E-state index contributed by atoms with van der Waals surface area (Å²) in [6.45, 7) is 0.516. The molecule has 0 aromatic heterocycles. The Morgan fingerprint density at radius 1 is 1.50 bits per heavy atom. The van der Waals surface area contributed by atoms with Gasteiger partial charge in [-0.3, -0.25) is 4.79 Å². The fourth-order valence-electron chi connectivity index (χ4n) is 1.40. The minimum atomic E-state index is -0.499. The van der Waals surface area contributed by atoms with Crippen LogP contribution < -0.4 is 15.8 Å². The van der Waals surface area contributed by atoms with Crippen LogP contribution in [0.2, 0.25) is 0 Å². The summed E-state index contributed by atoms with van der Waals surface area (Å²) in [5.41, 5.74) is 5.69. The van der Waals surface area contributed by atoms with E-state index in [0.717, 1.165) is 5.75 Å². The Morgan fingerprint density at radius 2 is 2.20 bits per heavy atom. The zero-order valence-electron chi connectivity index (χ0n) is 11.3. The van der Waals surface area contributed by atoms with Crippen molar-refractivity contribution in [2.75, 3.05) is 25.2 Å². The maximum atomic E-state index is 13.2. The van der Waals surface area contributed by atoms with E-state index < -0.39 is 11.9 Å². The Balaban J connectivity index is 0.00000361. The highest BCUT2D eigenvalue weighted by molar-refractivity contribution is 7.98. The summed E-state index contributed by atoms with van der Waals surface area (Å²) in [5, 5.41) is 2.66. The third kappa shape index (κ3) is 6.98. The van der Waals surface area contributed by atoms with Gasteiger partial charge in [-0.2, -0.15) is 11.8 Å². The molecule has 1 atom stereocenters. The molecule has 0 aliphatic rings. The van der Waals surface area contributed by atoms with Gasteiger partial charge in [0.25, 0.3) is 0 Å². The monoisotopic (exact) mass is 322 g/mol. The number of rotatable bonds is 8. The summed E-state index contributed by atoms with van der Waals surface area (Å²) in [6, 6.07) is 5.65. The second kappa shape index (κ2) is 10.8. The van der Waals surface area contributed by atoms with Crippen molar-refractivity contribution in [1.29, 1.82) is 0 Å². The van der Waals surface area contributed by atoms with Gasteiger partial charge in [0.1, 0.15) is 6.61 Å². The van der Waals surface area contributed by atoms with Crippen LogP contribution in [-0.2, 0) is 4.79 Å². The molecule has 0 radical (unpaired) electrons. The van der Waals surface area contributed by atoms with Crippen LogP contribution in [0.4, 0.5) is 4.39 Å². The number of ether oxygens (including phenoxy) is 1. The predicted octanol–water partition coefficient (Wildman–Crippen LogP) is 1.82. The summed E-state index contributed by atoms with van der Waals surface area (Å²) in [5.74, 6) is 0.417. The number of nitrogens with two attached hydrogens (primary N) is 1. The molecule has 0 saturated heterocycles. The Kier molecular flexibility index (Phi) is 10.2. The molecule has 1 aromatic rings. The lowest BCUT2D eigenvalue weighted by atomic mass is 10.2. The van der Waals surface area contributed by atoms with Crippen LogP contribution in [0.5, 0.6) is 5.75 Å². The van der Waals surface area contributed by atoms with E-state index >= 15 is 0 Å². The van der Waals surface area contributed by atoms with Crippen LogP contribution in [-0.4, -0.2) is 37.1 Å². The smallest absolute Gasteiger partial charge is 0.237 e. The lowest BCUT2D eigenvalue weighted by Crippen LogP contribution is -2.42. The molecule has 1 aromatic carbocycles. The number of halogens is 2. The van der Waals surface area contributed by atoms with Crippen molar-refractivity contribution in [1.82, 2.24) is 5.32 Å². The van der Waals surface area contributed by atoms with E-state index in [2.05, 4.69) is 5.32 Å². The van der Waals surface area contributed by atoms with Crippen LogP contribution in [0.25, 0.3) is 0 Å². The molecule has 0 heterocycles. The summed E-state index contributed by atoms with van der Waals surface area (Å²) in [4.78, 5) is 11.6. The van der Waals surface area contributed by atoms with E-state index in [1.807, 2.05) is 6.26 Å². The van der Waals surface area contributed by atoms with Gasteiger partial charge in [0.05, 0.1) is 12.6 Å². The van der Waals surface area contributed by atoms with Crippen LogP contribution in [0.15, 0.2) is 24.3 Å². The molecular formula is C13H20ClFN2O2S. The first-order chi connectivity index (χ1) is 9.15. The number of nitrogens with one attached hydrogen (secondary N) is 1. The number of benzene rings is 1. The average Bonchev–Trinajstić information content (AvgIpc) is 2.42. The molecule has 1 amide bonds. The summed E-state index contributed by atoms with van der Waals surface area (Å²) >= 11 is 1.65. The number of carbonyl (C=O) groups excluding carboxylic acids is 1. The Hall–Kier alpha value is -0.980. The number of para-hydroxylation sites is 1. The number of amides is 1. The topological polar surface area (TPSA) is 64.4 Å². The minimum Gasteiger partial charge on any atom is -0.489 e. The Labute approximate surface area is 129 Å². The Morgan fingerprint density at radius 3 is 2.85 bits per heavy atom. The van der Waals surface area contributed by atoms with Crippen LogP contribution in [0.3, 0.4) is 0 Å². The quantitative estimate of drug-likeness (QED) is 0.717. The second-order valence-electron chi connectivity index (χ2n) is 3.96. The summed E-state index contributed by atoms with van der Waals surface area (Å²) in [7, 11) is 0. The van der Waals surface area contributed by atoms with Crippen LogP contribution in [0, 0.1) is 5.82 Å². The SMILES string of the molecule is CSCC[C@H](N)C(=O)NCCOc1ccccc1F.Cl. The standard InChI is InChI=1S/C13H19FN2O2S.ClH/c1-19-9-6-11(15)13(17)16-7-8-18-12-5-3-2-4-10(12)14;/h2-5,11H,6-9,15H2,1H3,(H,16,17);1H/t11-;/m0./s1. The number of hydrogen-bond donors (Lipinski definition) is 2. The van der Waals surface area contributed by atoms with Gasteiger partial charge in [-0.25, -0.2) is 4.39 Å². The molecule has 3 N–H and O–H groups in total. The first-order valence-electron chi connectivity index (χ1n) is 6.04. The average molecular weight is 323 g/mol. The number of thioether (sulfide) groups is 1. The van der Waals surface area contributed by atoms with E-state index in [4.69, 9.17) is 10.5 Å². The number of carbonyl (C=O) groups is 1. The molecule has 0 aliphatic carbocycles. The molecule has 20 heavy (non-hydrogen) atoms. The van der Waals surface area contributed by atoms with Gasteiger partial charge in [0, 0.05) is 0 Å². The van der Waals surface area contributed by atoms with E-state index in [9.17, 15) is 9.18 Å². The molecule has 0 aliphatic heterocycles. The fraction of sp³-hybridized carbons (Fsp3) is 0.462. The number of hydrogen-bond acceptors (Lipinski definition) is 4. The third-order valence-electron chi connectivity index (χ3n) is 2.47. The van der Waals surface area contributed by atoms with Gasteiger partial charge < -0.3 is 15.8 Å². The van der Waals surface area contributed by atoms with Crippen molar-refractivity contribution >= 4 is 30.1 Å². The third-order valence-corrected chi connectivity index (χ3v) is 3.11. The molecule has 0 unspecified atom stereocenters. The predicted molar refractivity (Wildman–Crippen MR) is 83.1 cm³/mol. The maximum Gasteiger partial charge on any atom is 0.237 e. The largest absolute Gasteiger partial charge is 0.489 e. The highest BCUT2D eigenvalue weighted by Gasteiger charge is 2.11. The second-order valence-corrected chi connectivity index (χ2v) is 4.94. The van der Waals surface area contributed by atoms with E-state index in [1.165, 1.54) is 6.07 Å². The zero-order valence-corrected chi connectivity index (χ0v) is 12.9. The highest BCUT2D eigenvalue weighted by Crippen LogP contribution is 2.14. The van der Waals surface area contributed by atoms with Gasteiger partial charge in [0.15, 0.2) is 11.6 Å². The minimum absolute atomic E-state index is 0. The van der Waals surface area contributed by atoms with Crippen molar-refractivity contribution in [3.05, 3.63) is 30.1 Å². The summed E-state index contributed by atoms with van der Waals surface area (Å²) < 4.78 is 18.4. The molecule has 0 saturated carbocycles. The van der Waals surface area contributed by atoms with Crippen LogP contribution >= 0.6 is 24.2 Å². The lowest BCUT2D eigenvalue weighted by molar-refractivity contribution is -0.122. The van der Waals surface area contributed by atoms with Crippen LogP contribution in [0.1, 0.15) is 6.42 Å². The van der Waals surface area contributed by atoms with Gasteiger partial charge in [-0.1, -0.05) is 12.1 Å². The molecule has 7 heteroatoms.